The highest BCUT2D eigenvalue weighted by atomic mass is 35.5. The Morgan fingerprint density at radius 1 is 1.21 bits per heavy atom. The molecule has 2 aromatic rings. The van der Waals surface area contributed by atoms with Gasteiger partial charge in [0.1, 0.15) is 11.6 Å². The Bertz CT molecular complexity index is 887. The molecule has 128 valence electrons. The smallest absolute Gasteiger partial charge is 0.261 e. The van der Waals surface area contributed by atoms with Crippen molar-refractivity contribution in [2.45, 2.75) is 11.8 Å². The Balaban J connectivity index is 2.37. The van der Waals surface area contributed by atoms with E-state index in [1.165, 1.54) is 38.3 Å². The zero-order valence-electron chi connectivity index (χ0n) is 12.8. The number of sulfonamides is 1. The standard InChI is InChI=1S/C15H14ClFN2O4S/c1-9(20)18-14-8-11(4-6-15(14)23-2)24(21,22)19-10-3-5-13(17)12(16)7-10/h3-8,19H,1-2H3,(H,18,20). The van der Waals surface area contributed by atoms with Crippen molar-refractivity contribution in [1.82, 2.24) is 0 Å². The number of halogens is 2. The fourth-order valence-corrected chi connectivity index (χ4v) is 3.17. The van der Waals surface area contributed by atoms with Gasteiger partial charge in [-0.2, -0.15) is 0 Å². The summed E-state index contributed by atoms with van der Waals surface area (Å²) < 4.78 is 45.4. The van der Waals surface area contributed by atoms with Crippen LogP contribution in [-0.4, -0.2) is 21.4 Å². The van der Waals surface area contributed by atoms with E-state index in [2.05, 4.69) is 10.0 Å². The lowest BCUT2D eigenvalue weighted by Gasteiger charge is -2.13. The fraction of sp³-hybridized carbons (Fsp3) is 0.133. The maximum absolute atomic E-state index is 13.1. The summed E-state index contributed by atoms with van der Waals surface area (Å²) in [6.45, 7) is 1.29. The Morgan fingerprint density at radius 2 is 1.92 bits per heavy atom. The molecule has 24 heavy (non-hydrogen) atoms. The van der Waals surface area contributed by atoms with Crippen LogP contribution >= 0.6 is 11.6 Å². The molecule has 0 aliphatic heterocycles. The number of hydrogen-bond donors (Lipinski definition) is 2. The second-order valence-electron chi connectivity index (χ2n) is 4.78. The SMILES string of the molecule is COc1ccc(S(=O)(=O)Nc2ccc(F)c(Cl)c2)cc1NC(C)=O. The lowest BCUT2D eigenvalue weighted by atomic mass is 10.3. The summed E-state index contributed by atoms with van der Waals surface area (Å²) in [6, 6.07) is 7.45. The van der Waals surface area contributed by atoms with Crippen LogP contribution in [0.15, 0.2) is 41.3 Å². The van der Waals surface area contributed by atoms with Gasteiger partial charge in [0.2, 0.25) is 5.91 Å². The third-order valence-electron chi connectivity index (χ3n) is 2.96. The first-order valence-corrected chi connectivity index (χ1v) is 8.52. The molecule has 0 aliphatic rings. The maximum atomic E-state index is 13.1. The van der Waals surface area contributed by atoms with Crippen molar-refractivity contribution in [3.63, 3.8) is 0 Å². The van der Waals surface area contributed by atoms with E-state index in [0.29, 0.717) is 5.75 Å². The highest BCUT2D eigenvalue weighted by Gasteiger charge is 2.18. The lowest BCUT2D eigenvalue weighted by molar-refractivity contribution is -0.114. The van der Waals surface area contributed by atoms with Gasteiger partial charge in [-0.25, -0.2) is 12.8 Å². The van der Waals surface area contributed by atoms with Crippen molar-refractivity contribution in [2.24, 2.45) is 0 Å². The Labute approximate surface area is 143 Å². The van der Waals surface area contributed by atoms with E-state index >= 15 is 0 Å². The number of anilines is 2. The highest BCUT2D eigenvalue weighted by molar-refractivity contribution is 7.92. The van der Waals surface area contributed by atoms with Crippen LogP contribution in [-0.2, 0) is 14.8 Å². The number of nitrogens with one attached hydrogen (secondary N) is 2. The fourth-order valence-electron chi connectivity index (χ4n) is 1.92. The van der Waals surface area contributed by atoms with E-state index in [1.54, 1.807) is 0 Å². The van der Waals surface area contributed by atoms with Gasteiger partial charge < -0.3 is 10.1 Å². The predicted molar refractivity (Wildman–Crippen MR) is 89.5 cm³/mol. The van der Waals surface area contributed by atoms with E-state index in [9.17, 15) is 17.6 Å². The van der Waals surface area contributed by atoms with Crippen molar-refractivity contribution >= 4 is 38.9 Å². The van der Waals surface area contributed by atoms with Crippen LogP contribution in [0.3, 0.4) is 0 Å². The van der Waals surface area contributed by atoms with Crippen LogP contribution in [0.4, 0.5) is 15.8 Å². The number of carbonyl (C=O) groups is 1. The van der Waals surface area contributed by atoms with Gasteiger partial charge in [-0.3, -0.25) is 9.52 Å². The van der Waals surface area contributed by atoms with Crippen LogP contribution in [0.25, 0.3) is 0 Å². The molecule has 2 N–H and O–H groups in total. The van der Waals surface area contributed by atoms with E-state index in [0.717, 1.165) is 12.1 Å². The molecule has 0 aromatic heterocycles. The minimum Gasteiger partial charge on any atom is -0.495 e. The normalized spacial score (nSPS) is 11.0. The van der Waals surface area contributed by atoms with Crippen LogP contribution in [0.2, 0.25) is 5.02 Å². The van der Waals surface area contributed by atoms with Gasteiger partial charge in [0.05, 0.1) is 28.4 Å². The molecule has 2 rings (SSSR count). The summed E-state index contributed by atoms with van der Waals surface area (Å²) in [5, 5.41) is 2.29. The molecule has 0 radical (unpaired) electrons. The molecule has 0 spiro atoms. The van der Waals surface area contributed by atoms with Gasteiger partial charge in [-0.15, -0.1) is 0 Å². The largest absolute Gasteiger partial charge is 0.495 e. The molecule has 6 nitrogen and oxygen atoms in total. The van der Waals surface area contributed by atoms with Gasteiger partial charge in [0.25, 0.3) is 10.0 Å². The zero-order valence-corrected chi connectivity index (χ0v) is 14.3. The zero-order chi connectivity index (χ0) is 17.9. The number of carbonyl (C=O) groups excluding carboxylic acids is 1. The van der Waals surface area contributed by atoms with E-state index in [1.807, 2.05) is 0 Å². The van der Waals surface area contributed by atoms with Crippen molar-refractivity contribution in [1.29, 1.82) is 0 Å². The molecule has 0 heterocycles. The Hall–Kier alpha value is -2.32. The molecular weight excluding hydrogens is 359 g/mol. The average molecular weight is 373 g/mol. The first kappa shape index (κ1) is 18.0. The van der Waals surface area contributed by atoms with Crippen molar-refractivity contribution in [3.8, 4) is 5.75 Å². The average Bonchev–Trinajstić information content (AvgIpc) is 2.50. The minimum absolute atomic E-state index is 0.104. The van der Waals surface area contributed by atoms with Gasteiger partial charge in [0.15, 0.2) is 0 Å². The van der Waals surface area contributed by atoms with Crippen molar-refractivity contribution in [3.05, 3.63) is 47.2 Å². The summed E-state index contributed by atoms with van der Waals surface area (Å²) in [5.41, 5.74) is 0.323. The lowest BCUT2D eigenvalue weighted by Crippen LogP contribution is -2.14. The highest BCUT2D eigenvalue weighted by Crippen LogP contribution is 2.29. The number of ether oxygens (including phenoxy) is 1. The van der Waals surface area contributed by atoms with Gasteiger partial charge >= 0.3 is 0 Å². The summed E-state index contributed by atoms with van der Waals surface area (Å²) >= 11 is 5.64. The van der Waals surface area contributed by atoms with E-state index in [-0.39, 0.29) is 27.2 Å². The van der Waals surface area contributed by atoms with Crippen LogP contribution in [0.1, 0.15) is 6.92 Å². The quantitative estimate of drug-likeness (QED) is 0.843. The molecule has 0 atom stereocenters. The number of benzene rings is 2. The first-order valence-electron chi connectivity index (χ1n) is 6.66. The summed E-state index contributed by atoms with van der Waals surface area (Å²) in [5.74, 6) is -0.716. The molecular formula is C15H14ClFN2O4S. The predicted octanol–water partition coefficient (Wildman–Crippen LogP) is 3.25. The number of amides is 1. The molecule has 0 aliphatic carbocycles. The summed E-state index contributed by atoms with van der Waals surface area (Å²) in [4.78, 5) is 11.1. The molecule has 0 bridgehead atoms. The molecule has 9 heteroatoms. The molecule has 2 aromatic carbocycles. The Morgan fingerprint density at radius 3 is 2.50 bits per heavy atom. The van der Waals surface area contributed by atoms with E-state index < -0.39 is 15.8 Å². The van der Waals surface area contributed by atoms with Crippen LogP contribution < -0.4 is 14.8 Å². The second-order valence-corrected chi connectivity index (χ2v) is 6.87. The molecule has 0 fully saturated rings. The number of methoxy groups -OCH3 is 1. The van der Waals surface area contributed by atoms with Gasteiger partial charge in [-0.05, 0) is 36.4 Å². The van der Waals surface area contributed by atoms with Crippen LogP contribution in [0, 0.1) is 5.82 Å². The number of rotatable bonds is 5. The van der Waals surface area contributed by atoms with Gasteiger partial charge in [-0.1, -0.05) is 11.6 Å². The topological polar surface area (TPSA) is 84.5 Å². The van der Waals surface area contributed by atoms with Crippen molar-refractivity contribution in [2.75, 3.05) is 17.1 Å². The molecule has 0 unspecified atom stereocenters. The number of hydrogen-bond acceptors (Lipinski definition) is 4. The van der Waals surface area contributed by atoms with Gasteiger partial charge in [0, 0.05) is 6.92 Å². The van der Waals surface area contributed by atoms with Crippen molar-refractivity contribution < 1.29 is 22.3 Å². The molecule has 0 saturated heterocycles. The third kappa shape index (κ3) is 4.15. The minimum atomic E-state index is -3.96. The van der Waals surface area contributed by atoms with E-state index in [4.69, 9.17) is 16.3 Å². The molecule has 0 saturated carbocycles. The third-order valence-corrected chi connectivity index (χ3v) is 4.63. The summed E-state index contributed by atoms with van der Waals surface area (Å²) in [7, 11) is -2.57. The maximum Gasteiger partial charge on any atom is 0.261 e. The second kappa shape index (κ2) is 7.06. The first-order chi connectivity index (χ1) is 11.2. The Kier molecular flexibility index (Phi) is 5.30. The summed E-state index contributed by atoms with van der Waals surface area (Å²) in [6.07, 6.45) is 0. The molecule has 1 amide bonds. The van der Waals surface area contributed by atoms with Crippen LogP contribution in [0.5, 0.6) is 5.75 Å². The monoisotopic (exact) mass is 372 g/mol.